The minimum atomic E-state index is -1.45. The van der Waals surface area contributed by atoms with E-state index in [0.717, 1.165) is 6.17 Å². The van der Waals surface area contributed by atoms with Gasteiger partial charge in [0.2, 0.25) is 0 Å². The molecule has 1 fully saturated rings. The van der Waals surface area contributed by atoms with Crippen molar-refractivity contribution in [2.45, 2.75) is 38.0 Å². The van der Waals surface area contributed by atoms with Crippen LogP contribution >= 0.6 is 0 Å². The number of hydrogen-bond acceptors (Lipinski definition) is 3. The molecular weight excluding hydrogens is 367 g/mol. The van der Waals surface area contributed by atoms with E-state index in [1.54, 1.807) is 12.1 Å². The standard InChI is InChI=1S/C18H25FN4O3Si/c1-27(2,3)12-20-15-18(7-9-22(10-8-18)17(25)26)23(16(24)21-15)14-6-4-5-13(19)11-14/h4-6,11H,7-10,12H2,1-3H3,(H,25,26)(H,20,21,24). The quantitative estimate of drug-likeness (QED) is 0.774. The van der Waals surface area contributed by atoms with E-state index >= 15 is 0 Å². The van der Waals surface area contributed by atoms with Crippen LogP contribution < -0.4 is 10.2 Å². The van der Waals surface area contributed by atoms with Gasteiger partial charge in [-0.2, -0.15) is 4.99 Å². The van der Waals surface area contributed by atoms with Gasteiger partial charge in [-0.25, -0.2) is 14.0 Å². The third-order valence-electron chi connectivity index (χ3n) is 4.98. The SMILES string of the molecule is C[Si](C)(C)CNC1=NC(=O)N(c2cccc(F)c2)C12CCN(C(=O)O)CC2. The summed E-state index contributed by atoms with van der Waals surface area (Å²) in [5, 5.41) is 12.6. The van der Waals surface area contributed by atoms with Crippen molar-refractivity contribution in [1.82, 2.24) is 10.2 Å². The van der Waals surface area contributed by atoms with Gasteiger partial charge in [0.1, 0.15) is 17.2 Å². The van der Waals surface area contributed by atoms with Gasteiger partial charge in [-0.1, -0.05) is 25.7 Å². The second kappa shape index (κ2) is 6.95. The minimum Gasteiger partial charge on any atom is -0.465 e. The van der Waals surface area contributed by atoms with Crippen molar-refractivity contribution in [3.8, 4) is 0 Å². The molecular formula is C18H25FN4O3Si. The lowest BCUT2D eigenvalue weighted by molar-refractivity contribution is 0.127. The van der Waals surface area contributed by atoms with Crippen LogP contribution in [0.1, 0.15) is 12.8 Å². The predicted octanol–water partition coefficient (Wildman–Crippen LogP) is 3.14. The van der Waals surface area contributed by atoms with E-state index in [4.69, 9.17) is 0 Å². The molecule has 1 spiro atoms. The van der Waals surface area contributed by atoms with Gasteiger partial charge in [0, 0.05) is 24.9 Å². The first-order valence-electron chi connectivity index (χ1n) is 9.03. The number of nitrogens with zero attached hydrogens (tertiary/aromatic N) is 3. The van der Waals surface area contributed by atoms with Crippen molar-refractivity contribution in [2.24, 2.45) is 4.99 Å². The monoisotopic (exact) mass is 392 g/mol. The zero-order valence-corrected chi connectivity index (χ0v) is 16.8. The summed E-state index contributed by atoms with van der Waals surface area (Å²) in [6.45, 7) is 7.22. The van der Waals surface area contributed by atoms with Crippen LogP contribution in [0.5, 0.6) is 0 Å². The van der Waals surface area contributed by atoms with Gasteiger partial charge in [0.15, 0.2) is 0 Å². The van der Waals surface area contributed by atoms with Crippen LogP contribution in [-0.4, -0.2) is 60.8 Å². The lowest BCUT2D eigenvalue weighted by Crippen LogP contribution is -2.62. The number of benzene rings is 1. The smallest absolute Gasteiger partial charge is 0.407 e. The number of rotatable bonds is 3. The number of hydrogen-bond donors (Lipinski definition) is 2. The Morgan fingerprint density at radius 1 is 1.33 bits per heavy atom. The Hall–Kier alpha value is -2.42. The molecule has 0 atom stereocenters. The van der Waals surface area contributed by atoms with Crippen molar-refractivity contribution in [1.29, 1.82) is 0 Å². The average Bonchev–Trinajstić information content (AvgIpc) is 2.84. The Balaban J connectivity index is 1.96. The van der Waals surface area contributed by atoms with E-state index in [1.807, 2.05) is 0 Å². The Labute approximate surface area is 158 Å². The van der Waals surface area contributed by atoms with E-state index < -0.39 is 31.6 Å². The fourth-order valence-electron chi connectivity index (χ4n) is 3.59. The largest absolute Gasteiger partial charge is 0.465 e. The van der Waals surface area contributed by atoms with E-state index in [0.29, 0.717) is 37.5 Å². The molecule has 0 unspecified atom stereocenters. The number of carbonyl (C=O) groups excluding carboxylic acids is 1. The number of urea groups is 1. The molecule has 0 aliphatic carbocycles. The Morgan fingerprint density at radius 2 is 2.00 bits per heavy atom. The molecule has 0 radical (unpaired) electrons. The number of amidine groups is 1. The Bertz CT molecular complexity index is 785. The molecule has 9 heteroatoms. The van der Waals surface area contributed by atoms with E-state index in [2.05, 4.69) is 30.0 Å². The summed E-state index contributed by atoms with van der Waals surface area (Å²) < 4.78 is 13.8. The molecule has 1 aromatic carbocycles. The van der Waals surface area contributed by atoms with Crippen LogP contribution in [0.3, 0.4) is 0 Å². The molecule has 0 bridgehead atoms. The molecule has 27 heavy (non-hydrogen) atoms. The lowest BCUT2D eigenvalue weighted by atomic mass is 9.84. The highest BCUT2D eigenvalue weighted by molar-refractivity contribution is 6.76. The molecule has 0 saturated carbocycles. The fraction of sp³-hybridized carbons (Fsp3) is 0.500. The lowest BCUT2D eigenvalue weighted by Gasteiger charge is -2.44. The third kappa shape index (κ3) is 3.82. The van der Waals surface area contributed by atoms with Crippen LogP contribution in [0.25, 0.3) is 0 Å². The van der Waals surface area contributed by atoms with Gasteiger partial charge in [-0.3, -0.25) is 4.90 Å². The van der Waals surface area contributed by atoms with Crippen molar-refractivity contribution in [3.63, 3.8) is 0 Å². The molecule has 0 aromatic heterocycles. The third-order valence-corrected chi connectivity index (χ3v) is 6.22. The summed E-state index contributed by atoms with van der Waals surface area (Å²) >= 11 is 0. The average molecular weight is 393 g/mol. The molecule has 3 rings (SSSR count). The van der Waals surface area contributed by atoms with Gasteiger partial charge in [-0.05, 0) is 31.0 Å². The number of likely N-dealkylation sites (tertiary alicyclic amines) is 1. The summed E-state index contributed by atoms with van der Waals surface area (Å²) in [4.78, 5) is 31.2. The van der Waals surface area contributed by atoms with Gasteiger partial charge in [0.25, 0.3) is 0 Å². The van der Waals surface area contributed by atoms with Crippen LogP contribution in [0, 0.1) is 5.82 Å². The molecule has 2 aliphatic heterocycles. The first kappa shape index (κ1) is 19.3. The van der Waals surface area contributed by atoms with Crippen LogP contribution in [0.15, 0.2) is 29.3 Å². The maximum absolute atomic E-state index is 13.8. The minimum absolute atomic E-state index is 0.294. The number of nitrogens with one attached hydrogen (secondary N) is 1. The number of anilines is 1. The zero-order valence-electron chi connectivity index (χ0n) is 15.8. The normalized spacial score (nSPS) is 19.4. The highest BCUT2D eigenvalue weighted by Gasteiger charge is 2.52. The summed E-state index contributed by atoms with van der Waals surface area (Å²) in [6, 6.07) is 5.45. The van der Waals surface area contributed by atoms with Crippen LogP contribution in [0.4, 0.5) is 19.7 Å². The zero-order chi connectivity index (χ0) is 19.8. The van der Waals surface area contributed by atoms with Gasteiger partial charge in [-0.15, -0.1) is 0 Å². The van der Waals surface area contributed by atoms with Crippen molar-refractivity contribution >= 4 is 31.7 Å². The number of carboxylic acid groups (broad SMARTS) is 1. The summed E-state index contributed by atoms with van der Waals surface area (Å²) in [5.41, 5.74) is -0.325. The number of piperidine rings is 1. The predicted molar refractivity (Wildman–Crippen MR) is 105 cm³/mol. The molecule has 2 heterocycles. The second-order valence-electron chi connectivity index (χ2n) is 8.27. The fourth-order valence-corrected chi connectivity index (χ4v) is 4.29. The molecule has 146 valence electrons. The highest BCUT2D eigenvalue weighted by Crippen LogP contribution is 2.38. The number of halogens is 1. The first-order valence-corrected chi connectivity index (χ1v) is 12.7. The molecule has 1 saturated heterocycles. The Morgan fingerprint density at radius 3 is 2.56 bits per heavy atom. The van der Waals surface area contributed by atoms with Gasteiger partial charge >= 0.3 is 12.1 Å². The van der Waals surface area contributed by atoms with Crippen LogP contribution in [-0.2, 0) is 0 Å². The van der Waals surface area contributed by atoms with Crippen molar-refractivity contribution in [2.75, 3.05) is 24.2 Å². The maximum Gasteiger partial charge on any atom is 0.407 e. The summed E-state index contributed by atoms with van der Waals surface area (Å²) in [5.74, 6) is 0.145. The van der Waals surface area contributed by atoms with Gasteiger partial charge < -0.3 is 15.3 Å². The molecule has 7 nitrogen and oxygen atoms in total. The van der Waals surface area contributed by atoms with Crippen molar-refractivity contribution in [3.05, 3.63) is 30.1 Å². The van der Waals surface area contributed by atoms with E-state index in [9.17, 15) is 19.1 Å². The molecule has 3 amide bonds. The number of amides is 3. The topological polar surface area (TPSA) is 85.2 Å². The number of carbonyl (C=O) groups is 2. The first-order chi connectivity index (χ1) is 12.6. The summed E-state index contributed by atoms with van der Waals surface area (Å²) in [6.07, 6.45) is 0.610. The van der Waals surface area contributed by atoms with Crippen molar-refractivity contribution < 1.29 is 19.1 Å². The second-order valence-corrected chi connectivity index (χ2v) is 13.7. The molecule has 2 aliphatic rings. The maximum atomic E-state index is 13.8. The molecule has 1 aromatic rings. The number of aliphatic imine (C=N–C) groups is 1. The highest BCUT2D eigenvalue weighted by atomic mass is 28.3. The summed E-state index contributed by atoms with van der Waals surface area (Å²) in [7, 11) is -1.45. The van der Waals surface area contributed by atoms with E-state index in [-0.39, 0.29) is 0 Å². The van der Waals surface area contributed by atoms with Gasteiger partial charge in [0.05, 0.1) is 8.07 Å². The molecule has 2 N–H and O–H groups in total. The Kier molecular flexibility index (Phi) is 4.98. The van der Waals surface area contributed by atoms with Crippen LogP contribution in [0.2, 0.25) is 19.6 Å². The van der Waals surface area contributed by atoms with E-state index in [1.165, 1.54) is 21.9 Å².